The fourth-order valence-corrected chi connectivity index (χ4v) is 1.75. The Bertz CT molecular complexity index is 703. The van der Waals surface area contributed by atoms with Gasteiger partial charge in [0.15, 0.2) is 0 Å². The summed E-state index contributed by atoms with van der Waals surface area (Å²) < 4.78 is 18.8. The number of hydrogen-bond donors (Lipinski definition) is 0. The van der Waals surface area contributed by atoms with Crippen LogP contribution in [-0.2, 0) is 4.74 Å². The molecule has 0 bridgehead atoms. The van der Waals surface area contributed by atoms with E-state index in [1.54, 1.807) is 0 Å². The minimum absolute atomic E-state index is 0.0544. The Hall–Kier alpha value is -2.36. The molecule has 20 heavy (non-hydrogen) atoms. The number of benzene rings is 1. The third kappa shape index (κ3) is 2.50. The number of aromatic nitrogens is 3. The summed E-state index contributed by atoms with van der Waals surface area (Å²) in [5, 5.41) is 14.7. The highest BCUT2D eigenvalue weighted by Crippen LogP contribution is 2.28. The molecule has 0 amide bonds. The van der Waals surface area contributed by atoms with Crippen molar-refractivity contribution in [3.63, 3.8) is 0 Å². The first-order valence-electron chi connectivity index (χ1n) is 5.08. The van der Waals surface area contributed by atoms with Crippen LogP contribution >= 0.6 is 15.9 Å². The van der Waals surface area contributed by atoms with Crippen LogP contribution in [0.15, 0.2) is 22.9 Å². The third-order valence-electron chi connectivity index (χ3n) is 2.32. The first kappa shape index (κ1) is 14.1. The third-order valence-corrected chi connectivity index (χ3v) is 2.93. The van der Waals surface area contributed by atoms with Gasteiger partial charge in [-0.15, -0.1) is 5.10 Å². The van der Waals surface area contributed by atoms with Crippen LogP contribution < -0.4 is 0 Å². The van der Waals surface area contributed by atoms with Crippen molar-refractivity contribution in [1.29, 1.82) is 0 Å². The van der Waals surface area contributed by atoms with Gasteiger partial charge in [0.2, 0.25) is 0 Å². The molecule has 0 atom stereocenters. The van der Waals surface area contributed by atoms with Crippen molar-refractivity contribution in [2.75, 3.05) is 7.11 Å². The van der Waals surface area contributed by atoms with Crippen molar-refractivity contribution in [2.24, 2.45) is 0 Å². The summed E-state index contributed by atoms with van der Waals surface area (Å²) in [5.74, 6) is -1.80. The average Bonchev–Trinajstić information content (AvgIpc) is 2.89. The lowest BCUT2D eigenvalue weighted by Gasteiger charge is -2.03. The molecule has 0 N–H and O–H groups in total. The average molecular weight is 345 g/mol. The summed E-state index contributed by atoms with van der Waals surface area (Å²) in [7, 11) is 1.14. The quantitative estimate of drug-likeness (QED) is 0.478. The van der Waals surface area contributed by atoms with E-state index < -0.39 is 16.7 Å². The number of hydrogen-bond acceptors (Lipinski definition) is 6. The fourth-order valence-electron chi connectivity index (χ4n) is 1.42. The van der Waals surface area contributed by atoms with E-state index in [9.17, 15) is 19.3 Å². The molecule has 0 aliphatic heterocycles. The maximum atomic E-state index is 13.5. The minimum atomic E-state index is -0.802. The van der Waals surface area contributed by atoms with Crippen LogP contribution in [-0.4, -0.2) is 32.8 Å². The highest BCUT2D eigenvalue weighted by Gasteiger charge is 2.21. The number of methoxy groups -OCH3 is 1. The molecule has 2 aromatic rings. The van der Waals surface area contributed by atoms with E-state index in [1.165, 1.54) is 0 Å². The van der Waals surface area contributed by atoms with E-state index >= 15 is 0 Å². The summed E-state index contributed by atoms with van der Waals surface area (Å²) in [6.45, 7) is 0. The molecule has 0 fully saturated rings. The summed E-state index contributed by atoms with van der Waals surface area (Å²) in [5.41, 5.74) is -0.544. The molecular weight excluding hydrogens is 339 g/mol. The van der Waals surface area contributed by atoms with E-state index in [-0.39, 0.29) is 21.7 Å². The summed E-state index contributed by atoms with van der Waals surface area (Å²) in [6, 6.07) is 1.92. The SMILES string of the molecule is COC(=O)c1ncn(-c2cc(F)c(Br)cc2[N+](=O)[O-])n1. The second-order valence-electron chi connectivity index (χ2n) is 3.52. The molecule has 1 aromatic heterocycles. The molecule has 0 radical (unpaired) electrons. The van der Waals surface area contributed by atoms with Crippen LogP contribution in [0.4, 0.5) is 10.1 Å². The first-order valence-corrected chi connectivity index (χ1v) is 5.87. The number of ether oxygens (including phenoxy) is 1. The second-order valence-corrected chi connectivity index (χ2v) is 4.37. The highest BCUT2D eigenvalue weighted by atomic mass is 79.9. The Kier molecular flexibility index (Phi) is 3.74. The zero-order valence-electron chi connectivity index (χ0n) is 9.91. The molecule has 0 aliphatic carbocycles. The van der Waals surface area contributed by atoms with Crippen LogP contribution in [0.3, 0.4) is 0 Å². The van der Waals surface area contributed by atoms with Crippen molar-refractivity contribution in [2.45, 2.75) is 0 Å². The van der Waals surface area contributed by atoms with Gasteiger partial charge >= 0.3 is 5.97 Å². The lowest BCUT2D eigenvalue weighted by Crippen LogP contribution is -2.06. The number of nitrogens with zero attached hydrogens (tertiary/aromatic N) is 4. The van der Waals surface area contributed by atoms with Gasteiger partial charge in [-0.25, -0.2) is 18.9 Å². The summed E-state index contributed by atoms with van der Waals surface area (Å²) in [6.07, 6.45) is 1.06. The van der Waals surface area contributed by atoms with Crippen molar-refractivity contribution in [3.05, 3.63) is 44.7 Å². The number of halogens is 2. The Morgan fingerprint density at radius 2 is 2.25 bits per heavy atom. The van der Waals surface area contributed by atoms with Gasteiger partial charge in [-0.05, 0) is 15.9 Å². The molecule has 1 heterocycles. The fraction of sp³-hybridized carbons (Fsp3) is 0.100. The Balaban J connectivity index is 2.57. The van der Waals surface area contributed by atoms with Crippen LogP contribution in [0.1, 0.15) is 10.6 Å². The molecule has 0 spiro atoms. The Morgan fingerprint density at radius 3 is 2.85 bits per heavy atom. The minimum Gasteiger partial charge on any atom is -0.463 e. The van der Waals surface area contributed by atoms with Gasteiger partial charge in [0.1, 0.15) is 17.8 Å². The van der Waals surface area contributed by atoms with E-state index in [0.29, 0.717) is 0 Å². The lowest BCUT2D eigenvalue weighted by molar-refractivity contribution is -0.384. The molecule has 104 valence electrons. The number of nitro benzene ring substituents is 1. The van der Waals surface area contributed by atoms with Crippen molar-refractivity contribution >= 4 is 27.6 Å². The number of nitro groups is 1. The van der Waals surface area contributed by atoms with E-state index in [4.69, 9.17) is 0 Å². The summed E-state index contributed by atoms with van der Waals surface area (Å²) in [4.78, 5) is 25.1. The van der Waals surface area contributed by atoms with Gasteiger partial charge in [-0.2, -0.15) is 0 Å². The number of carbonyl (C=O) groups is 1. The standard InChI is InChI=1S/C10H6BrFN4O4/c1-20-10(17)9-13-4-15(14-9)7-3-6(12)5(11)2-8(7)16(18)19/h2-4H,1H3. The molecule has 0 saturated heterocycles. The Labute approximate surface area is 119 Å². The van der Waals surface area contributed by atoms with Crippen molar-refractivity contribution < 1.29 is 18.8 Å². The Morgan fingerprint density at radius 1 is 1.55 bits per heavy atom. The van der Waals surface area contributed by atoms with Gasteiger partial charge in [0, 0.05) is 12.1 Å². The number of rotatable bonds is 3. The summed E-state index contributed by atoms with van der Waals surface area (Å²) >= 11 is 2.86. The largest absolute Gasteiger partial charge is 0.463 e. The van der Waals surface area contributed by atoms with E-state index in [0.717, 1.165) is 30.3 Å². The lowest BCUT2D eigenvalue weighted by atomic mass is 10.2. The number of esters is 1. The number of carbonyl (C=O) groups excluding carboxylic acids is 1. The highest BCUT2D eigenvalue weighted by molar-refractivity contribution is 9.10. The predicted octanol–water partition coefficient (Wildman–Crippen LogP) is 1.86. The van der Waals surface area contributed by atoms with Gasteiger partial charge < -0.3 is 4.74 Å². The normalized spacial score (nSPS) is 10.3. The van der Waals surface area contributed by atoms with Gasteiger partial charge in [-0.3, -0.25) is 10.1 Å². The molecule has 2 rings (SSSR count). The van der Waals surface area contributed by atoms with Crippen molar-refractivity contribution in [1.82, 2.24) is 14.8 Å². The van der Waals surface area contributed by atoms with Crippen LogP contribution in [0.5, 0.6) is 0 Å². The monoisotopic (exact) mass is 344 g/mol. The maximum absolute atomic E-state index is 13.5. The van der Waals surface area contributed by atoms with E-state index in [2.05, 4.69) is 30.7 Å². The second kappa shape index (κ2) is 5.33. The van der Waals surface area contributed by atoms with Gasteiger partial charge in [0.25, 0.3) is 11.5 Å². The molecule has 10 heteroatoms. The molecule has 0 aliphatic rings. The molecule has 0 unspecified atom stereocenters. The molecule has 8 nitrogen and oxygen atoms in total. The van der Waals surface area contributed by atoms with E-state index in [1.807, 2.05) is 0 Å². The van der Waals surface area contributed by atoms with Crippen LogP contribution in [0.25, 0.3) is 5.69 Å². The predicted molar refractivity (Wildman–Crippen MR) is 67.0 cm³/mol. The molecule has 1 aromatic carbocycles. The topological polar surface area (TPSA) is 100 Å². The zero-order chi connectivity index (χ0) is 14.9. The van der Waals surface area contributed by atoms with Crippen LogP contribution in [0.2, 0.25) is 0 Å². The smallest absolute Gasteiger partial charge is 0.377 e. The molecule has 0 saturated carbocycles. The van der Waals surface area contributed by atoms with Crippen molar-refractivity contribution in [3.8, 4) is 5.69 Å². The first-order chi connectivity index (χ1) is 9.43. The maximum Gasteiger partial charge on any atom is 0.377 e. The molecular formula is C10H6BrFN4O4. The van der Waals surface area contributed by atoms with Crippen LogP contribution in [0, 0.1) is 15.9 Å². The van der Waals surface area contributed by atoms with Gasteiger partial charge in [0.05, 0.1) is 16.5 Å². The van der Waals surface area contributed by atoms with Gasteiger partial charge in [-0.1, -0.05) is 0 Å². The zero-order valence-corrected chi connectivity index (χ0v) is 11.5.